The summed E-state index contributed by atoms with van der Waals surface area (Å²) < 4.78 is 15.4. The van der Waals surface area contributed by atoms with Gasteiger partial charge in [-0.15, -0.1) is 0 Å². The molecule has 6 nitrogen and oxygen atoms in total. The van der Waals surface area contributed by atoms with Gasteiger partial charge in [0.05, 0.1) is 20.8 Å². The van der Waals surface area contributed by atoms with Crippen molar-refractivity contribution in [2.75, 3.05) is 34.5 Å². The molecule has 0 aromatic heterocycles. The minimum absolute atomic E-state index is 0.427. The molecule has 0 aliphatic heterocycles. The zero-order chi connectivity index (χ0) is 14.8. The fraction of sp³-hybridized carbons (Fsp3) is 0.500. The lowest BCUT2D eigenvalue weighted by Gasteiger charge is -2.09. The number of ether oxygens (including phenoxy) is 3. The molecule has 0 atom stereocenters. The average Bonchev–Trinajstić information content (AvgIpc) is 2.49. The monoisotopic (exact) mass is 281 g/mol. The van der Waals surface area contributed by atoms with Crippen LogP contribution in [0.15, 0.2) is 23.2 Å². The lowest BCUT2D eigenvalue weighted by atomic mass is 10.2. The van der Waals surface area contributed by atoms with Crippen molar-refractivity contribution in [1.82, 2.24) is 5.32 Å². The van der Waals surface area contributed by atoms with Crippen molar-refractivity contribution in [2.24, 2.45) is 10.7 Å². The Balaban J connectivity index is 2.51. The number of nitrogens with two attached hydrogens (primary N) is 1. The second-order valence-electron chi connectivity index (χ2n) is 4.16. The van der Waals surface area contributed by atoms with E-state index in [-0.39, 0.29) is 0 Å². The first-order valence-electron chi connectivity index (χ1n) is 6.45. The highest BCUT2D eigenvalue weighted by Gasteiger charge is 2.04. The third-order valence-corrected chi connectivity index (χ3v) is 2.71. The maximum atomic E-state index is 5.77. The summed E-state index contributed by atoms with van der Waals surface area (Å²) in [6, 6.07) is 5.68. The van der Waals surface area contributed by atoms with E-state index in [2.05, 4.69) is 10.3 Å². The van der Waals surface area contributed by atoms with Gasteiger partial charge in [0.25, 0.3) is 0 Å². The summed E-state index contributed by atoms with van der Waals surface area (Å²) in [4.78, 5) is 4.27. The molecule has 1 aromatic rings. The fourth-order valence-corrected chi connectivity index (χ4v) is 1.64. The summed E-state index contributed by atoms with van der Waals surface area (Å²) in [6.07, 6.45) is 0.892. The van der Waals surface area contributed by atoms with Crippen LogP contribution < -0.4 is 20.5 Å². The topological polar surface area (TPSA) is 78.1 Å². The molecule has 0 bridgehead atoms. The van der Waals surface area contributed by atoms with E-state index >= 15 is 0 Å². The molecule has 1 rings (SSSR count). The standard InChI is InChI=1S/C14H23N3O3/c1-18-8-4-7-16-14(15)17-10-11-5-6-12(19-2)13(9-11)20-3/h5-6,9H,4,7-8,10H2,1-3H3,(H3,15,16,17). The second kappa shape index (κ2) is 9.03. The molecule has 0 radical (unpaired) electrons. The van der Waals surface area contributed by atoms with Crippen molar-refractivity contribution in [3.63, 3.8) is 0 Å². The summed E-state index contributed by atoms with van der Waals surface area (Å²) in [7, 11) is 4.89. The van der Waals surface area contributed by atoms with Crippen molar-refractivity contribution in [1.29, 1.82) is 0 Å². The van der Waals surface area contributed by atoms with E-state index in [0.29, 0.717) is 30.6 Å². The van der Waals surface area contributed by atoms with Crippen LogP contribution in [0.3, 0.4) is 0 Å². The maximum absolute atomic E-state index is 5.77. The van der Waals surface area contributed by atoms with Gasteiger partial charge in [-0.1, -0.05) is 6.07 Å². The molecular formula is C14H23N3O3. The Kier molecular flexibility index (Phi) is 7.27. The highest BCUT2D eigenvalue weighted by Crippen LogP contribution is 2.27. The molecule has 0 amide bonds. The number of methoxy groups -OCH3 is 3. The number of hydrogen-bond donors (Lipinski definition) is 2. The summed E-state index contributed by atoms with van der Waals surface area (Å²) in [5, 5.41) is 3.03. The van der Waals surface area contributed by atoms with E-state index < -0.39 is 0 Å². The molecule has 0 aliphatic rings. The lowest BCUT2D eigenvalue weighted by molar-refractivity contribution is 0.195. The predicted molar refractivity (Wildman–Crippen MR) is 79.4 cm³/mol. The van der Waals surface area contributed by atoms with Gasteiger partial charge in [-0.2, -0.15) is 0 Å². The molecule has 0 saturated heterocycles. The Morgan fingerprint density at radius 2 is 1.95 bits per heavy atom. The number of nitrogens with one attached hydrogen (secondary N) is 1. The van der Waals surface area contributed by atoms with Gasteiger partial charge in [0.2, 0.25) is 0 Å². The van der Waals surface area contributed by atoms with Crippen molar-refractivity contribution >= 4 is 5.96 Å². The van der Waals surface area contributed by atoms with Crippen LogP contribution in [0, 0.1) is 0 Å². The third kappa shape index (κ3) is 5.36. The first kappa shape index (κ1) is 16.1. The highest BCUT2D eigenvalue weighted by atomic mass is 16.5. The SMILES string of the molecule is COCCCNC(N)=NCc1ccc(OC)c(OC)c1. The highest BCUT2D eigenvalue weighted by molar-refractivity contribution is 5.77. The summed E-state index contributed by atoms with van der Waals surface area (Å²) >= 11 is 0. The summed E-state index contributed by atoms with van der Waals surface area (Å²) in [5.74, 6) is 1.81. The van der Waals surface area contributed by atoms with E-state index in [1.54, 1.807) is 21.3 Å². The largest absolute Gasteiger partial charge is 0.493 e. The van der Waals surface area contributed by atoms with Gasteiger partial charge in [-0.3, -0.25) is 0 Å². The molecule has 0 aliphatic carbocycles. The Morgan fingerprint density at radius 3 is 2.60 bits per heavy atom. The van der Waals surface area contributed by atoms with Gasteiger partial charge in [0, 0.05) is 20.3 Å². The van der Waals surface area contributed by atoms with E-state index in [0.717, 1.165) is 18.5 Å². The molecule has 1 aromatic carbocycles. The number of guanidine groups is 1. The Hall–Kier alpha value is -1.95. The zero-order valence-corrected chi connectivity index (χ0v) is 12.3. The van der Waals surface area contributed by atoms with Crippen LogP contribution >= 0.6 is 0 Å². The maximum Gasteiger partial charge on any atom is 0.188 e. The Labute approximate surface area is 119 Å². The van der Waals surface area contributed by atoms with E-state index in [4.69, 9.17) is 19.9 Å². The molecule has 0 saturated carbocycles. The first-order valence-corrected chi connectivity index (χ1v) is 6.45. The minimum atomic E-state index is 0.427. The fourth-order valence-electron chi connectivity index (χ4n) is 1.64. The van der Waals surface area contributed by atoms with Crippen LogP contribution in [0.5, 0.6) is 11.5 Å². The number of nitrogens with zero attached hydrogens (tertiary/aromatic N) is 1. The van der Waals surface area contributed by atoms with E-state index in [9.17, 15) is 0 Å². The van der Waals surface area contributed by atoms with Gasteiger partial charge in [0.15, 0.2) is 17.5 Å². The van der Waals surface area contributed by atoms with Crippen LogP contribution in [-0.4, -0.2) is 40.4 Å². The molecule has 3 N–H and O–H groups in total. The van der Waals surface area contributed by atoms with Gasteiger partial charge < -0.3 is 25.3 Å². The number of rotatable bonds is 8. The number of hydrogen-bond acceptors (Lipinski definition) is 4. The minimum Gasteiger partial charge on any atom is -0.493 e. The predicted octanol–water partition coefficient (Wildman–Crippen LogP) is 1.14. The quantitative estimate of drug-likeness (QED) is 0.424. The molecule has 112 valence electrons. The van der Waals surface area contributed by atoms with Gasteiger partial charge >= 0.3 is 0 Å². The summed E-state index contributed by atoms with van der Waals surface area (Å²) in [6.45, 7) is 1.94. The van der Waals surface area contributed by atoms with Crippen LogP contribution in [0.2, 0.25) is 0 Å². The zero-order valence-electron chi connectivity index (χ0n) is 12.3. The van der Waals surface area contributed by atoms with Crippen LogP contribution in [-0.2, 0) is 11.3 Å². The van der Waals surface area contributed by atoms with Crippen molar-refractivity contribution in [2.45, 2.75) is 13.0 Å². The van der Waals surface area contributed by atoms with Crippen LogP contribution in [0.1, 0.15) is 12.0 Å². The van der Waals surface area contributed by atoms with Gasteiger partial charge in [-0.25, -0.2) is 4.99 Å². The molecule has 0 heterocycles. The number of aliphatic imine (C=N–C) groups is 1. The Morgan fingerprint density at radius 1 is 1.20 bits per heavy atom. The molecule has 0 unspecified atom stereocenters. The van der Waals surface area contributed by atoms with E-state index in [1.807, 2.05) is 18.2 Å². The van der Waals surface area contributed by atoms with Crippen molar-refractivity contribution < 1.29 is 14.2 Å². The normalized spacial score (nSPS) is 11.2. The third-order valence-electron chi connectivity index (χ3n) is 2.71. The summed E-state index contributed by atoms with van der Waals surface area (Å²) in [5.41, 5.74) is 6.78. The molecule has 6 heteroatoms. The van der Waals surface area contributed by atoms with E-state index in [1.165, 1.54) is 0 Å². The lowest BCUT2D eigenvalue weighted by Crippen LogP contribution is -2.32. The van der Waals surface area contributed by atoms with Crippen LogP contribution in [0.4, 0.5) is 0 Å². The van der Waals surface area contributed by atoms with Crippen LogP contribution in [0.25, 0.3) is 0 Å². The second-order valence-corrected chi connectivity index (χ2v) is 4.16. The molecule has 0 spiro atoms. The molecule has 20 heavy (non-hydrogen) atoms. The van der Waals surface area contributed by atoms with Gasteiger partial charge in [-0.05, 0) is 24.1 Å². The van der Waals surface area contributed by atoms with Gasteiger partial charge in [0.1, 0.15) is 0 Å². The average molecular weight is 281 g/mol. The Bertz CT molecular complexity index is 436. The van der Waals surface area contributed by atoms with Crippen molar-refractivity contribution in [3.8, 4) is 11.5 Å². The first-order chi connectivity index (χ1) is 9.71. The molecular weight excluding hydrogens is 258 g/mol. The smallest absolute Gasteiger partial charge is 0.188 e. The molecule has 0 fully saturated rings. The van der Waals surface area contributed by atoms with Crippen molar-refractivity contribution in [3.05, 3.63) is 23.8 Å². The number of benzene rings is 1.